The van der Waals surface area contributed by atoms with Gasteiger partial charge in [-0.25, -0.2) is 4.99 Å². The Morgan fingerprint density at radius 2 is 1.47 bits per heavy atom. The number of aromatic nitrogens is 1. The van der Waals surface area contributed by atoms with Gasteiger partial charge in [-0.1, -0.05) is 42.5 Å². The van der Waals surface area contributed by atoms with Crippen molar-refractivity contribution >= 4 is 22.3 Å². The molecule has 0 amide bonds. The number of rotatable bonds is 11. The number of fused-ring (bicyclic) bond motifs is 1. The Morgan fingerprint density at radius 1 is 0.868 bits per heavy atom. The number of aromatic hydroxyl groups is 1. The number of H-pyrrole nitrogens is 1. The number of benzene rings is 3. The van der Waals surface area contributed by atoms with E-state index in [2.05, 4.69) is 49.7 Å². The first-order valence-electron chi connectivity index (χ1n) is 13.5. The fourth-order valence-corrected chi connectivity index (χ4v) is 4.80. The standard InChI is InChI=1S/C32H39N3O3/c1-7-37-28-18-26-27(19-29(28)38-8-2)34-32(36)30(26)31(24-12-10-9-11-13-24)33-25-16-14-23(15-17-25)20-35(21(3)4)22(5)6/h9-19,21-22,34,36H,7-8,20H2,1-6H3. The van der Waals surface area contributed by atoms with Crippen LogP contribution >= 0.6 is 0 Å². The quantitative estimate of drug-likeness (QED) is 0.204. The summed E-state index contributed by atoms with van der Waals surface area (Å²) >= 11 is 0. The van der Waals surface area contributed by atoms with E-state index in [1.54, 1.807) is 0 Å². The van der Waals surface area contributed by atoms with Gasteiger partial charge in [0.05, 0.1) is 35.7 Å². The van der Waals surface area contributed by atoms with Crippen LogP contribution in [0.25, 0.3) is 10.9 Å². The van der Waals surface area contributed by atoms with Crippen molar-refractivity contribution in [3.63, 3.8) is 0 Å². The zero-order valence-corrected chi connectivity index (χ0v) is 23.3. The highest BCUT2D eigenvalue weighted by Crippen LogP contribution is 2.38. The van der Waals surface area contributed by atoms with Gasteiger partial charge >= 0.3 is 0 Å². The van der Waals surface area contributed by atoms with Crippen molar-refractivity contribution in [3.05, 3.63) is 83.4 Å². The van der Waals surface area contributed by atoms with Crippen LogP contribution in [0.1, 0.15) is 58.2 Å². The average molecular weight is 514 g/mol. The van der Waals surface area contributed by atoms with Gasteiger partial charge in [-0.2, -0.15) is 0 Å². The number of aliphatic imine (C=N–C) groups is 1. The van der Waals surface area contributed by atoms with E-state index < -0.39 is 0 Å². The molecule has 200 valence electrons. The summed E-state index contributed by atoms with van der Waals surface area (Å²) in [4.78, 5) is 10.6. The molecule has 2 N–H and O–H groups in total. The normalized spacial score (nSPS) is 12.2. The molecule has 0 atom stereocenters. The Hall–Kier alpha value is -3.77. The van der Waals surface area contributed by atoms with E-state index in [9.17, 15) is 5.11 Å². The Morgan fingerprint density at radius 3 is 2.05 bits per heavy atom. The van der Waals surface area contributed by atoms with Crippen LogP contribution in [0.5, 0.6) is 17.4 Å². The number of ether oxygens (including phenoxy) is 2. The second-order valence-electron chi connectivity index (χ2n) is 9.91. The van der Waals surface area contributed by atoms with Crippen LogP contribution in [0.3, 0.4) is 0 Å². The van der Waals surface area contributed by atoms with Gasteiger partial charge in [-0.15, -0.1) is 0 Å². The Labute approximate surface area is 225 Å². The zero-order chi connectivity index (χ0) is 27.2. The predicted molar refractivity (Wildman–Crippen MR) is 156 cm³/mol. The summed E-state index contributed by atoms with van der Waals surface area (Å²) in [5.74, 6) is 1.33. The molecule has 0 aliphatic heterocycles. The maximum atomic E-state index is 11.1. The molecule has 4 rings (SSSR count). The summed E-state index contributed by atoms with van der Waals surface area (Å²) in [6.07, 6.45) is 0. The summed E-state index contributed by atoms with van der Waals surface area (Å²) in [6.45, 7) is 14.7. The lowest BCUT2D eigenvalue weighted by Gasteiger charge is -2.30. The molecule has 0 aliphatic rings. The van der Waals surface area contributed by atoms with E-state index in [1.165, 1.54) is 5.56 Å². The van der Waals surface area contributed by atoms with E-state index in [1.807, 2.05) is 68.4 Å². The third-order valence-electron chi connectivity index (χ3n) is 6.60. The molecule has 1 aromatic heterocycles. The Balaban J connectivity index is 1.81. The lowest BCUT2D eigenvalue weighted by Crippen LogP contribution is -2.36. The molecular formula is C32H39N3O3. The molecule has 38 heavy (non-hydrogen) atoms. The maximum absolute atomic E-state index is 11.1. The van der Waals surface area contributed by atoms with Gasteiger partial charge in [-0.3, -0.25) is 4.90 Å². The van der Waals surface area contributed by atoms with Crippen molar-refractivity contribution in [3.8, 4) is 17.4 Å². The topological polar surface area (TPSA) is 70.1 Å². The van der Waals surface area contributed by atoms with E-state index in [0.717, 1.165) is 28.7 Å². The van der Waals surface area contributed by atoms with Gasteiger partial charge in [0.25, 0.3) is 0 Å². The van der Waals surface area contributed by atoms with Crippen LogP contribution in [0, 0.1) is 0 Å². The van der Waals surface area contributed by atoms with Gasteiger partial charge in [0.1, 0.15) is 0 Å². The molecule has 0 saturated carbocycles. The van der Waals surface area contributed by atoms with Crippen LogP contribution in [0.4, 0.5) is 5.69 Å². The summed E-state index contributed by atoms with van der Waals surface area (Å²) < 4.78 is 11.7. The highest BCUT2D eigenvalue weighted by molar-refractivity contribution is 6.22. The summed E-state index contributed by atoms with van der Waals surface area (Å²) in [5, 5.41) is 11.9. The van der Waals surface area contributed by atoms with E-state index in [0.29, 0.717) is 48.1 Å². The first-order chi connectivity index (χ1) is 18.3. The number of hydrogen-bond acceptors (Lipinski definition) is 5. The minimum absolute atomic E-state index is 0.0554. The molecule has 0 radical (unpaired) electrons. The summed E-state index contributed by atoms with van der Waals surface area (Å²) in [6, 6.07) is 23.0. The molecule has 6 heteroatoms. The second-order valence-corrected chi connectivity index (χ2v) is 9.91. The molecule has 0 spiro atoms. The first-order valence-corrected chi connectivity index (χ1v) is 13.5. The van der Waals surface area contributed by atoms with Gasteiger partial charge in [-0.05, 0) is 65.3 Å². The molecule has 3 aromatic carbocycles. The number of nitrogens with one attached hydrogen (secondary N) is 1. The maximum Gasteiger partial charge on any atom is 0.199 e. The Kier molecular flexibility index (Phi) is 8.74. The van der Waals surface area contributed by atoms with E-state index in [-0.39, 0.29) is 5.88 Å². The minimum Gasteiger partial charge on any atom is -0.494 e. The molecule has 0 unspecified atom stereocenters. The summed E-state index contributed by atoms with van der Waals surface area (Å²) in [5.41, 5.74) is 5.03. The minimum atomic E-state index is 0.0554. The molecule has 0 bridgehead atoms. The van der Waals surface area contributed by atoms with Gasteiger partial charge in [0, 0.05) is 35.6 Å². The fourth-order valence-electron chi connectivity index (χ4n) is 4.80. The van der Waals surface area contributed by atoms with Crippen LogP contribution in [-0.2, 0) is 6.54 Å². The summed E-state index contributed by atoms with van der Waals surface area (Å²) in [7, 11) is 0. The van der Waals surface area contributed by atoms with E-state index >= 15 is 0 Å². The van der Waals surface area contributed by atoms with Gasteiger partial charge in [0.15, 0.2) is 17.4 Å². The molecule has 6 nitrogen and oxygen atoms in total. The highest BCUT2D eigenvalue weighted by atomic mass is 16.5. The van der Waals surface area contributed by atoms with Crippen molar-refractivity contribution in [2.45, 2.75) is 60.2 Å². The van der Waals surface area contributed by atoms with Crippen molar-refractivity contribution < 1.29 is 14.6 Å². The van der Waals surface area contributed by atoms with Crippen molar-refractivity contribution in [1.82, 2.24) is 9.88 Å². The predicted octanol–water partition coefficient (Wildman–Crippen LogP) is 7.46. The van der Waals surface area contributed by atoms with Gasteiger partial charge in [0.2, 0.25) is 0 Å². The number of hydrogen-bond donors (Lipinski definition) is 2. The van der Waals surface area contributed by atoms with Crippen molar-refractivity contribution in [1.29, 1.82) is 0 Å². The van der Waals surface area contributed by atoms with Crippen LogP contribution in [0.2, 0.25) is 0 Å². The molecule has 4 aromatic rings. The zero-order valence-electron chi connectivity index (χ0n) is 23.3. The molecule has 0 aliphatic carbocycles. The van der Waals surface area contributed by atoms with Crippen LogP contribution in [-0.4, -0.2) is 46.0 Å². The molecular weight excluding hydrogens is 474 g/mol. The monoisotopic (exact) mass is 513 g/mol. The molecule has 0 fully saturated rings. The number of aromatic amines is 1. The average Bonchev–Trinajstić information content (AvgIpc) is 3.21. The highest BCUT2D eigenvalue weighted by Gasteiger charge is 2.21. The largest absolute Gasteiger partial charge is 0.494 e. The first kappa shape index (κ1) is 27.3. The molecule has 1 heterocycles. The van der Waals surface area contributed by atoms with Crippen LogP contribution in [0.15, 0.2) is 71.7 Å². The lowest BCUT2D eigenvalue weighted by molar-refractivity contribution is 0.166. The third kappa shape index (κ3) is 6.03. The van der Waals surface area contributed by atoms with E-state index in [4.69, 9.17) is 14.5 Å². The fraction of sp³-hybridized carbons (Fsp3) is 0.344. The third-order valence-corrected chi connectivity index (χ3v) is 6.60. The van der Waals surface area contributed by atoms with Crippen molar-refractivity contribution in [2.24, 2.45) is 4.99 Å². The van der Waals surface area contributed by atoms with Crippen molar-refractivity contribution in [2.75, 3.05) is 13.2 Å². The molecule has 0 saturated heterocycles. The Bertz CT molecular complexity index is 1360. The SMILES string of the molecule is CCOc1cc2[nH]c(O)c(C(=Nc3ccc(CN(C(C)C)C(C)C)cc3)c3ccccc3)c2cc1OCC. The number of nitrogens with zero attached hydrogens (tertiary/aromatic N) is 2. The van der Waals surface area contributed by atoms with Gasteiger partial charge < -0.3 is 19.6 Å². The second kappa shape index (κ2) is 12.2. The van der Waals surface area contributed by atoms with Crippen LogP contribution < -0.4 is 9.47 Å². The lowest BCUT2D eigenvalue weighted by atomic mass is 10.0. The smallest absolute Gasteiger partial charge is 0.199 e.